The number of hydrogen-bond donors (Lipinski definition) is 2. The molecule has 5 rings (SSSR count). The Morgan fingerprint density at radius 1 is 1.04 bits per heavy atom. The van der Waals surface area contributed by atoms with Gasteiger partial charge in [0.2, 0.25) is 0 Å². The maximum Gasteiger partial charge on any atom is 0.153 e. The smallest absolute Gasteiger partial charge is 0.153 e. The van der Waals surface area contributed by atoms with Crippen molar-refractivity contribution >= 4 is 38.4 Å². The Kier molecular flexibility index (Phi) is 2.29. The zero-order valence-electron chi connectivity index (χ0n) is 12.2. The standard InChI is InChI=1S/C18H12N4O/c19-11-6-8-20-15-14(11)18(23)17-13-10(5-7-21-17)9-3-1-2-4-12(9)22-16(13)15/h1-5,7,19,23H,6,8H2. The molecular formula is C18H12N4O. The van der Waals surface area contributed by atoms with E-state index >= 15 is 0 Å². The van der Waals surface area contributed by atoms with Gasteiger partial charge < -0.3 is 10.5 Å². The van der Waals surface area contributed by atoms with E-state index in [1.165, 1.54) is 0 Å². The molecule has 1 aliphatic rings. The van der Waals surface area contributed by atoms with Crippen molar-refractivity contribution < 1.29 is 5.11 Å². The van der Waals surface area contributed by atoms with Crippen LogP contribution in [0.1, 0.15) is 12.0 Å². The molecule has 0 aliphatic carbocycles. The number of rotatable bonds is 0. The minimum atomic E-state index is 0.0450. The number of pyridine rings is 2. The summed E-state index contributed by atoms with van der Waals surface area (Å²) in [7, 11) is 0. The normalized spacial score (nSPS) is 14.3. The van der Waals surface area contributed by atoms with Crippen molar-refractivity contribution in [3.05, 3.63) is 47.4 Å². The number of aromatic hydroxyl groups is 1. The van der Waals surface area contributed by atoms with Gasteiger partial charge in [0.15, 0.2) is 5.75 Å². The summed E-state index contributed by atoms with van der Waals surface area (Å²) in [5.74, 6) is 0.0450. The molecular weight excluding hydrogens is 288 g/mol. The van der Waals surface area contributed by atoms with Crippen molar-refractivity contribution in [2.75, 3.05) is 6.54 Å². The van der Waals surface area contributed by atoms with Crippen LogP contribution in [-0.2, 0) is 0 Å². The number of phenols is 1. The molecule has 0 amide bonds. The first kappa shape index (κ1) is 12.5. The summed E-state index contributed by atoms with van der Waals surface area (Å²) >= 11 is 0. The molecule has 5 nitrogen and oxygen atoms in total. The number of fused-ring (bicyclic) bond motifs is 4. The minimum absolute atomic E-state index is 0.0450. The summed E-state index contributed by atoms with van der Waals surface area (Å²) in [6, 6.07) is 9.87. The van der Waals surface area contributed by atoms with Gasteiger partial charge in [-0.2, -0.15) is 0 Å². The van der Waals surface area contributed by atoms with Crippen molar-refractivity contribution in [2.24, 2.45) is 4.99 Å². The van der Waals surface area contributed by atoms with Crippen molar-refractivity contribution in [1.82, 2.24) is 9.97 Å². The lowest BCUT2D eigenvalue weighted by molar-refractivity contribution is 0.478. The molecule has 0 saturated carbocycles. The number of benzene rings is 2. The van der Waals surface area contributed by atoms with Crippen LogP contribution in [0.5, 0.6) is 5.75 Å². The second-order valence-corrected chi connectivity index (χ2v) is 5.74. The molecule has 5 heteroatoms. The van der Waals surface area contributed by atoms with Gasteiger partial charge in [0, 0.05) is 35.6 Å². The van der Waals surface area contributed by atoms with Crippen molar-refractivity contribution in [2.45, 2.75) is 6.42 Å². The Morgan fingerprint density at radius 2 is 1.91 bits per heavy atom. The maximum absolute atomic E-state index is 10.7. The molecule has 110 valence electrons. The zero-order valence-corrected chi connectivity index (χ0v) is 12.2. The lowest BCUT2D eigenvalue weighted by atomic mass is 9.96. The topological polar surface area (TPSA) is 82.2 Å². The number of phenolic OH excluding ortho intramolecular Hbond substituents is 1. The third-order valence-electron chi connectivity index (χ3n) is 4.47. The van der Waals surface area contributed by atoms with Crippen LogP contribution < -0.4 is 5.36 Å². The molecule has 0 spiro atoms. The molecule has 2 aromatic heterocycles. The second kappa shape index (κ2) is 4.23. The minimum Gasteiger partial charge on any atom is -0.505 e. The van der Waals surface area contributed by atoms with E-state index in [9.17, 15) is 5.11 Å². The molecule has 0 unspecified atom stereocenters. The van der Waals surface area contributed by atoms with E-state index in [4.69, 9.17) is 10.4 Å². The van der Waals surface area contributed by atoms with E-state index in [0.29, 0.717) is 35.1 Å². The van der Waals surface area contributed by atoms with Gasteiger partial charge in [-0.05, 0) is 17.5 Å². The van der Waals surface area contributed by atoms with E-state index < -0.39 is 0 Å². The number of aromatic nitrogens is 2. The monoisotopic (exact) mass is 300 g/mol. The number of para-hydroxylation sites is 1. The first-order chi connectivity index (χ1) is 11.3. The Balaban J connectivity index is 2.19. The van der Waals surface area contributed by atoms with E-state index in [-0.39, 0.29) is 5.75 Å². The summed E-state index contributed by atoms with van der Waals surface area (Å²) in [4.78, 5) is 13.7. The van der Waals surface area contributed by atoms with Crippen LogP contribution in [0, 0.1) is 5.41 Å². The third-order valence-corrected chi connectivity index (χ3v) is 4.47. The quantitative estimate of drug-likeness (QED) is 0.387. The Bertz CT molecular complexity index is 1200. The third kappa shape index (κ3) is 1.51. The van der Waals surface area contributed by atoms with Crippen LogP contribution in [0.25, 0.3) is 32.7 Å². The van der Waals surface area contributed by atoms with Gasteiger partial charge >= 0.3 is 0 Å². The summed E-state index contributed by atoms with van der Waals surface area (Å²) in [6.07, 6.45) is 2.22. The Labute approximate surface area is 130 Å². The summed E-state index contributed by atoms with van der Waals surface area (Å²) in [5.41, 5.74) is 2.97. The SMILES string of the molecule is N=C1CCN=c2c1c(O)c1nccc3c4ccccc4nc2c13. The van der Waals surface area contributed by atoms with Crippen molar-refractivity contribution in [3.63, 3.8) is 0 Å². The highest BCUT2D eigenvalue weighted by atomic mass is 16.3. The average molecular weight is 300 g/mol. The molecule has 4 aromatic rings. The van der Waals surface area contributed by atoms with Crippen LogP contribution >= 0.6 is 0 Å². The molecule has 0 bridgehead atoms. The fourth-order valence-corrected chi connectivity index (χ4v) is 3.45. The van der Waals surface area contributed by atoms with Gasteiger partial charge in [-0.3, -0.25) is 9.98 Å². The highest BCUT2D eigenvalue weighted by molar-refractivity contribution is 6.21. The average Bonchev–Trinajstić information content (AvgIpc) is 2.59. The van der Waals surface area contributed by atoms with Gasteiger partial charge in [-0.25, -0.2) is 4.98 Å². The zero-order chi connectivity index (χ0) is 15.6. The van der Waals surface area contributed by atoms with Crippen LogP contribution in [0.2, 0.25) is 0 Å². The van der Waals surface area contributed by atoms with Gasteiger partial charge in [0.05, 0.1) is 22.0 Å². The Hall–Kier alpha value is -3.08. The predicted molar refractivity (Wildman–Crippen MR) is 89.3 cm³/mol. The summed E-state index contributed by atoms with van der Waals surface area (Å²) in [5, 5.41) is 22.3. The molecule has 0 fully saturated rings. The fourth-order valence-electron chi connectivity index (χ4n) is 3.45. The number of nitrogens with zero attached hydrogens (tertiary/aromatic N) is 3. The van der Waals surface area contributed by atoms with Crippen LogP contribution in [0.4, 0.5) is 0 Å². The van der Waals surface area contributed by atoms with Gasteiger partial charge in [0.25, 0.3) is 0 Å². The van der Waals surface area contributed by atoms with E-state index in [1.54, 1.807) is 6.20 Å². The lowest BCUT2D eigenvalue weighted by Gasteiger charge is -2.16. The molecule has 3 heterocycles. The highest BCUT2D eigenvalue weighted by Gasteiger charge is 2.23. The summed E-state index contributed by atoms with van der Waals surface area (Å²) in [6.45, 7) is 0.552. The molecule has 0 radical (unpaired) electrons. The molecule has 2 aromatic carbocycles. The number of hydrogen-bond acceptors (Lipinski definition) is 5. The maximum atomic E-state index is 10.7. The number of nitrogens with one attached hydrogen (secondary N) is 1. The highest BCUT2D eigenvalue weighted by Crippen LogP contribution is 2.35. The van der Waals surface area contributed by atoms with Gasteiger partial charge in [-0.1, -0.05) is 18.2 Å². The predicted octanol–water partition coefficient (Wildman–Crippen LogP) is 2.75. The van der Waals surface area contributed by atoms with E-state index in [0.717, 1.165) is 27.2 Å². The fraction of sp³-hybridized carbons (Fsp3) is 0.111. The molecule has 23 heavy (non-hydrogen) atoms. The molecule has 0 atom stereocenters. The van der Waals surface area contributed by atoms with Gasteiger partial charge in [0.1, 0.15) is 5.52 Å². The summed E-state index contributed by atoms with van der Waals surface area (Å²) < 4.78 is 0. The second-order valence-electron chi connectivity index (χ2n) is 5.74. The van der Waals surface area contributed by atoms with Crippen LogP contribution in [0.15, 0.2) is 41.5 Å². The first-order valence-electron chi connectivity index (χ1n) is 7.50. The van der Waals surface area contributed by atoms with Crippen molar-refractivity contribution in [1.29, 1.82) is 5.41 Å². The lowest BCUT2D eigenvalue weighted by Crippen LogP contribution is -2.24. The van der Waals surface area contributed by atoms with Crippen molar-refractivity contribution in [3.8, 4) is 5.75 Å². The van der Waals surface area contributed by atoms with Gasteiger partial charge in [-0.15, -0.1) is 0 Å². The molecule has 0 saturated heterocycles. The molecule has 1 aliphatic heterocycles. The van der Waals surface area contributed by atoms with Crippen LogP contribution in [-0.4, -0.2) is 27.3 Å². The largest absolute Gasteiger partial charge is 0.505 e. The Morgan fingerprint density at radius 3 is 2.83 bits per heavy atom. The van der Waals surface area contributed by atoms with E-state index in [1.807, 2.05) is 30.3 Å². The first-order valence-corrected chi connectivity index (χ1v) is 7.50. The molecule has 2 N–H and O–H groups in total. The van der Waals surface area contributed by atoms with Crippen LogP contribution in [0.3, 0.4) is 0 Å². The van der Waals surface area contributed by atoms with E-state index in [2.05, 4.69) is 9.98 Å².